The lowest BCUT2D eigenvalue weighted by Crippen LogP contribution is -2.29. The summed E-state index contributed by atoms with van der Waals surface area (Å²) < 4.78 is 18.6. The lowest BCUT2D eigenvalue weighted by Gasteiger charge is -2.26. The lowest BCUT2D eigenvalue weighted by molar-refractivity contribution is 0.0971. The first kappa shape index (κ1) is 25.2. The number of halogens is 2. The van der Waals surface area contributed by atoms with Crippen LogP contribution in [0.1, 0.15) is 33.3 Å². The van der Waals surface area contributed by atoms with Crippen molar-refractivity contribution in [3.05, 3.63) is 133 Å². The summed E-state index contributed by atoms with van der Waals surface area (Å²) in [4.78, 5) is 29.2. The van der Waals surface area contributed by atoms with E-state index in [1.807, 2.05) is 60.7 Å². The zero-order chi connectivity index (χ0) is 27.1. The molecule has 2 heterocycles. The minimum atomic E-state index is -0.759. The van der Waals surface area contributed by atoms with Gasteiger partial charge in [0.15, 0.2) is 16.9 Å². The maximum Gasteiger partial charge on any atom is 0.295 e. The summed E-state index contributed by atoms with van der Waals surface area (Å²) in [6.07, 6.45) is 0. The number of amides is 1. The molecule has 1 amide bonds. The van der Waals surface area contributed by atoms with Gasteiger partial charge in [-0.05, 0) is 65.7 Å². The van der Waals surface area contributed by atoms with Crippen LogP contribution < -0.4 is 19.8 Å². The number of hydrogen-bond acceptors (Lipinski definition) is 5. The second-order valence-corrected chi connectivity index (χ2v) is 10.4. The summed E-state index contributed by atoms with van der Waals surface area (Å²) in [7, 11) is 1.55. The second-order valence-electron chi connectivity index (χ2n) is 9.05. The highest BCUT2D eigenvalue weighted by Gasteiger charge is 2.44. The maximum atomic E-state index is 13.9. The topological polar surface area (TPSA) is 69.0 Å². The molecule has 0 aliphatic carbocycles. The molecule has 6 nitrogen and oxygen atoms in total. The van der Waals surface area contributed by atoms with Gasteiger partial charge in [-0.15, -0.1) is 0 Å². The van der Waals surface area contributed by atoms with Crippen molar-refractivity contribution < 1.29 is 18.7 Å². The third kappa shape index (κ3) is 4.58. The molecule has 1 aliphatic rings. The predicted octanol–water partition coefficient (Wildman–Crippen LogP) is 7.55. The largest absolute Gasteiger partial charge is 0.493 e. The molecule has 8 heteroatoms. The fraction of sp³-hybridized carbons (Fsp3) is 0.0968. The molecule has 1 atom stereocenters. The Kier molecular flexibility index (Phi) is 6.62. The summed E-state index contributed by atoms with van der Waals surface area (Å²) in [5.74, 6) is 0.622. The molecule has 0 fully saturated rings. The molecule has 39 heavy (non-hydrogen) atoms. The van der Waals surface area contributed by atoms with Crippen molar-refractivity contribution >= 4 is 50.1 Å². The van der Waals surface area contributed by atoms with Crippen molar-refractivity contribution in [2.24, 2.45) is 0 Å². The predicted molar refractivity (Wildman–Crippen MR) is 154 cm³/mol. The molecule has 0 bridgehead atoms. The Bertz CT molecular complexity index is 1770. The number of nitrogens with zero attached hydrogens (tertiary/aromatic N) is 1. The molecular formula is C31H21BrClNO5. The van der Waals surface area contributed by atoms with Crippen LogP contribution in [-0.4, -0.2) is 13.0 Å². The molecule has 1 aliphatic heterocycles. The number of methoxy groups -OCH3 is 1. The summed E-state index contributed by atoms with van der Waals surface area (Å²) >= 11 is 9.65. The van der Waals surface area contributed by atoms with Gasteiger partial charge in [0.1, 0.15) is 12.2 Å². The van der Waals surface area contributed by atoms with Crippen LogP contribution in [0.15, 0.2) is 105 Å². The van der Waals surface area contributed by atoms with Gasteiger partial charge in [0.05, 0.1) is 24.1 Å². The molecule has 0 saturated carbocycles. The highest BCUT2D eigenvalue weighted by atomic mass is 79.9. The molecule has 194 valence electrons. The summed E-state index contributed by atoms with van der Waals surface area (Å²) in [5.41, 5.74) is 2.54. The van der Waals surface area contributed by atoms with Crippen LogP contribution in [0.4, 0.5) is 5.69 Å². The lowest BCUT2D eigenvalue weighted by atomic mass is 9.97. The first-order valence-electron chi connectivity index (χ1n) is 12.1. The van der Waals surface area contributed by atoms with E-state index in [2.05, 4.69) is 15.9 Å². The van der Waals surface area contributed by atoms with Crippen LogP contribution >= 0.6 is 27.5 Å². The summed E-state index contributed by atoms with van der Waals surface area (Å²) in [6.45, 7) is 0.364. The molecular weight excluding hydrogens is 582 g/mol. The van der Waals surface area contributed by atoms with E-state index in [0.29, 0.717) is 45.3 Å². The minimum Gasteiger partial charge on any atom is -0.493 e. The molecule has 0 spiro atoms. The monoisotopic (exact) mass is 601 g/mol. The van der Waals surface area contributed by atoms with Crippen molar-refractivity contribution in [3.8, 4) is 11.5 Å². The van der Waals surface area contributed by atoms with Gasteiger partial charge < -0.3 is 13.9 Å². The Morgan fingerprint density at radius 2 is 1.69 bits per heavy atom. The number of rotatable bonds is 6. The fourth-order valence-electron chi connectivity index (χ4n) is 4.84. The van der Waals surface area contributed by atoms with Gasteiger partial charge in [-0.3, -0.25) is 14.5 Å². The number of carbonyl (C=O) groups is 1. The zero-order valence-corrected chi connectivity index (χ0v) is 23.0. The highest BCUT2D eigenvalue weighted by Crippen LogP contribution is 2.43. The van der Waals surface area contributed by atoms with Crippen LogP contribution in [0.3, 0.4) is 0 Å². The van der Waals surface area contributed by atoms with Crippen LogP contribution in [0.2, 0.25) is 5.02 Å². The number of ether oxygens (including phenoxy) is 2. The SMILES string of the molecule is COc1cc(C2c3c(oc4ccc(Cl)cc4c3=O)C(=O)N2c2ccc(Br)cc2)ccc1OCc1ccccc1. The number of benzene rings is 4. The number of fused-ring (bicyclic) bond motifs is 2. The Morgan fingerprint density at radius 3 is 2.44 bits per heavy atom. The first-order valence-corrected chi connectivity index (χ1v) is 13.3. The zero-order valence-electron chi connectivity index (χ0n) is 20.7. The van der Waals surface area contributed by atoms with Gasteiger partial charge in [-0.1, -0.05) is 63.9 Å². The number of carbonyl (C=O) groups excluding carboxylic acids is 1. The molecule has 6 rings (SSSR count). The van der Waals surface area contributed by atoms with Gasteiger partial charge in [0.2, 0.25) is 5.76 Å². The van der Waals surface area contributed by atoms with Gasteiger partial charge in [-0.25, -0.2) is 0 Å². The van der Waals surface area contributed by atoms with Crippen LogP contribution in [0.25, 0.3) is 11.0 Å². The number of hydrogen-bond donors (Lipinski definition) is 0. The molecule has 1 aromatic heterocycles. The first-order chi connectivity index (χ1) is 18.9. The Labute approximate surface area is 237 Å². The van der Waals surface area contributed by atoms with E-state index in [1.165, 1.54) is 0 Å². The van der Waals surface area contributed by atoms with E-state index in [-0.39, 0.29) is 16.8 Å². The van der Waals surface area contributed by atoms with Crippen LogP contribution in [0, 0.1) is 0 Å². The molecule has 5 aromatic rings. The van der Waals surface area contributed by atoms with Gasteiger partial charge in [0, 0.05) is 15.2 Å². The summed E-state index contributed by atoms with van der Waals surface area (Å²) in [6, 6.07) is 26.6. The summed E-state index contributed by atoms with van der Waals surface area (Å²) in [5, 5.41) is 0.716. The average molecular weight is 603 g/mol. The number of anilines is 1. The highest BCUT2D eigenvalue weighted by molar-refractivity contribution is 9.10. The van der Waals surface area contributed by atoms with Crippen LogP contribution in [-0.2, 0) is 6.61 Å². The Balaban J connectivity index is 1.49. The van der Waals surface area contributed by atoms with Crippen molar-refractivity contribution in [3.63, 3.8) is 0 Å². The molecule has 0 N–H and O–H groups in total. The van der Waals surface area contributed by atoms with Crippen molar-refractivity contribution in [2.75, 3.05) is 12.0 Å². The third-order valence-corrected chi connectivity index (χ3v) is 7.44. The maximum absolute atomic E-state index is 13.9. The van der Waals surface area contributed by atoms with Gasteiger partial charge in [-0.2, -0.15) is 0 Å². The molecule has 4 aromatic carbocycles. The molecule has 0 saturated heterocycles. The van der Waals surface area contributed by atoms with Crippen LogP contribution in [0.5, 0.6) is 11.5 Å². The van der Waals surface area contributed by atoms with E-state index in [9.17, 15) is 9.59 Å². The second kappa shape index (κ2) is 10.2. The quantitative estimate of drug-likeness (QED) is 0.201. The standard InChI is InChI=1S/C31H21BrClNO5/c1-37-26-15-19(7-13-25(26)38-17-18-5-3-2-4-6-18)28-27-29(35)23-16-21(33)10-14-24(23)39-30(27)31(36)34(28)22-11-8-20(32)9-12-22/h2-16,28H,17H2,1H3. The Hall–Kier alpha value is -4.07. The normalized spacial score (nSPS) is 14.5. The van der Waals surface area contributed by atoms with Crippen molar-refractivity contribution in [2.45, 2.75) is 12.6 Å². The van der Waals surface area contributed by atoms with E-state index in [1.54, 1.807) is 42.3 Å². The fourth-order valence-corrected chi connectivity index (χ4v) is 5.27. The van der Waals surface area contributed by atoms with Gasteiger partial charge >= 0.3 is 0 Å². The average Bonchev–Trinajstić information content (AvgIpc) is 3.25. The van der Waals surface area contributed by atoms with E-state index >= 15 is 0 Å². The van der Waals surface area contributed by atoms with Gasteiger partial charge in [0.25, 0.3) is 5.91 Å². The minimum absolute atomic E-state index is 0.00566. The van der Waals surface area contributed by atoms with E-state index in [0.717, 1.165) is 10.0 Å². The van der Waals surface area contributed by atoms with Crippen molar-refractivity contribution in [1.82, 2.24) is 0 Å². The van der Waals surface area contributed by atoms with E-state index in [4.69, 9.17) is 25.5 Å². The smallest absolute Gasteiger partial charge is 0.295 e. The third-order valence-electron chi connectivity index (χ3n) is 6.68. The van der Waals surface area contributed by atoms with E-state index < -0.39 is 11.9 Å². The Morgan fingerprint density at radius 1 is 0.923 bits per heavy atom. The van der Waals surface area contributed by atoms with Crippen molar-refractivity contribution in [1.29, 1.82) is 0 Å². The molecule has 0 radical (unpaired) electrons. The molecule has 1 unspecified atom stereocenters.